The molecule has 5 nitrogen and oxygen atoms in total. The topological polar surface area (TPSA) is 60.3 Å². The third-order valence-corrected chi connectivity index (χ3v) is 4.18. The molecular weight excluding hydrogens is 316 g/mol. The van der Waals surface area contributed by atoms with Crippen LogP contribution in [0.15, 0.2) is 53.3 Å². The number of pyridine rings is 1. The summed E-state index contributed by atoms with van der Waals surface area (Å²) in [6, 6.07) is 14.5. The van der Waals surface area contributed by atoms with E-state index in [1.54, 1.807) is 31.4 Å². The van der Waals surface area contributed by atoms with Gasteiger partial charge in [0.05, 0.1) is 7.11 Å². The number of amides is 1. The molecule has 0 saturated carbocycles. The first-order valence-corrected chi connectivity index (χ1v) is 8.13. The molecule has 0 atom stereocenters. The van der Waals surface area contributed by atoms with E-state index in [1.807, 2.05) is 38.1 Å². The van der Waals surface area contributed by atoms with Crippen molar-refractivity contribution < 1.29 is 9.53 Å². The van der Waals surface area contributed by atoms with Gasteiger partial charge in [-0.05, 0) is 55.6 Å². The molecule has 1 N–H and O–H groups in total. The van der Waals surface area contributed by atoms with Gasteiger partial charge < -0.3 is 14.6 Å². The predicted molar refractivity (Wildman–Crippen MR) is 99.6 cm³/mol. The van der Waals surface area contributed by atoms with Gasteiger partial charge >= 0.3 is 0 Å². The normalized spacial score (nSPS) is 10.7. The fourth-order valence-electron chi connectivity index (χ4n) is 2.80. The van der Waals surface area contributed by atoms with Gasteiger partial charge in [-0.25, -0.2) is 0 Å². The van der Waals surface area contributed by atoms with Crippen molar-refractivity contribution in [1.82, 2.24) is 4.57 Å². The molecule has 5 heteroatoms. The maximum atomic E-state index is 12.7. The van der Waals surface area contributed by atoms with Crippen LogP contribution in [0, 0.1) is 6.92 Å². The van der Waals surface area contributed by atoms with E-state index in [0.29, 0.717) is 34.4 Å². The van der Waals surface area contributed by atoms with Crippen LogP contribution in [0.5, 0.6) is 5.75 Å². The van der Waals surface area contributed by atoms with Crippen LogP contribution in [0.1, 0.15) is 23.0 Å². The van der Waals surface area contributed by atoms with Crippen LogP contribution in [0.2, 0.25) is 0 Å². The smallest absolute Gasteiger partial charge is 0.272 e. The Balaban J connectivity index is 2.08. The first-order valence-electron chi connectivity index (χ1n) is 8.13. The number of aryl methyl sites for hydroxylation is 1. The molecule has 128 valence electrons. The summed E-state index contributed by atoms with van der Waals surface area (Å²) in [7, 11) is 1.57. The van der Waals surface area contributed by atoms with Gasteiger partial charge in [0.15, 0.2) is 0 Å². The highest BCUT2D eigenvalue weighted by Crippen LogP contribution is 2.20. The molecule has 0 aliphatic carbocycles. The standard InChI is InChI=1S/C20H20N2O3/c1-4-22-18(19(23)21-15-7-5-13(2)6-8-15)12-14-11-16(25-3)9-10-17(14)20(22)24/h5-12H,4H2,1-3H3,(H,21,23). The highest BCUT2D eigenvalue weighted by Gasteiger charge is 2.15. The summed E-state index contributed by atoms with van der Waals surface area (Å²) in [5.74, 6) is 0.332. The van der Waals surface area contributed by atoms with Gasteiger partial charge in [-0.1, -0.05) is 17.7 Å². The van der Waals surface area contributed by atoms with Crippen molar-refractivity contribution in [3.05, 3.63) is 70.1 Å². The highest BCUT2D eigenvalue weighted by atomic mass is 16.5. The van der Waals surface area contributed by atoms with E-state index in [0.717, 1.165) is 5.56 Å². The minimum Gasteiger partial charge on any atom is -0.497 e. The Labute approximate surface area is 145 Å². The molecular formula is C20H20N2O3. The van der Waals surface area contributed by atoms with Gasteiger partial charge in [0, 0.05) is 17.6 Å². The first-order chi connectivity index (χ1) is 12.0. The molecule has 2 aromatic carbocycles. The van der Waals surface area contributed by atoms with E-state index >= 15 is 0 Å². The molecule has 0 aliphatic heterocycles. The average molecular weight is 336 g/mol. The summed E-state index contributed by atoms with van der Waals surface area (Å²) >= 11 is 0. The molecule has 1 aromatic heterocycles. The number of nitrogens with zero attached hydrogens (tertiary/aromatic N) is 1. The molecule has 1 heterocycles. The van der Waals surface area contributed by atoms with Gasteiger partial charge in [0.1, 0.15) is 11.4 Å². The van der Waals surface area contributed by atoms with Gasteiger partial charge in [0.25, 0.3) is 11.5 Å². The van der Waals surface area contributed by atoms with Crippen molar-refractivity contribution in [2.75, 3.05) is 12.4 Å². The number of methoxy groups -OCH3 is 1. The SMILES string of the molecule is CCn1c(C(=O)Nc2ccc(C)cc2)cc2cc(OC)ccc2c1=O. The predicted octanol–water partition coefficient (Wildman–Crippen LogP) is 3.59. The van der Waals surface area contributed by atoms with E-state index in [9.17, 15) is 9.59 Å². The van der Waals surface area contributed by atoms with Crippen molar-refractivity contribution in [2.24, 2.45) is 0 Å². The first kappa shape index (κ1) is 16.8. The number of fused-ring (bicyclic) bond motifs is 1. The quantitative estimate of drug-likeness (QED) is 0.792. The number of carbonyl (C=O) groups excluding carboxylic acids is 1. The number of nitrogens with one attached hydrogen (secondary N) is 1. The van der Waals surface area contributed by atoms with Crippen LogP contribution >= 0.6 is 0 Å². The second kappa shape index (κ2) is 6.81. The Kier molecular flexibility index (Phi) is 4.57. The second-order valence-corrected chi connectivity index (χ2v) is 5.85. The lowest BCUT2D eigenvalue weighted by molar-refractivity contribution is 0.101. The van der Waals surface area contributed by atoms with Crippen molar-refractivity contribution in [3.63, 3.8) is 0 Å². The third kappa shape index (κ3) is 3.26. The van der Waals surface area contributed by atoms with Gasteiger partial charge in [0.2, 0.25) is 0 Å². The third-order valence-electron chi connectivity index (χ3n) is 4.18. The Bertz CT molecular complexity index is 988. The summed E-state index contributed by atoms with van der Waals surface area (Å²) < 4.78 is 6.70. The molecule has 0 spiro atoms. The van der Waals surface area contributed by atoms with E-state index in [4.69, 9.17) is 4.74 Å². The number of carbonyl (C=O) groups is 1. The average Bonchev–Trinajstić information content (AvgIpc) is 2.63. The van der Waals surface area contributed by atoms with Crippen molar-refractivity contribution >= 4 is 22.4 Å². The maximum Gasteiger partial charge on any atom is 0.272 e. The fourth-order valence-corrected chi connectivity index (χ4v) is 2.80. The lowest BCUT2D eigenvalue weighted by atomic mass is 10.1. The number of anilines is 1. The van der Waals surface area contributed by atoms with Crippen LogP contribution in [-0.4, -0.2) is 17.6 Å². The van der Waals surface area contributed by atoms with Crippen molar-refractivity contribution in [2.45, 2.75) is 20.4 Å². The Hall–Kier alpha value is -3.08. The zero-order valence-corrected chi connectivity index (χ0v) is 14.5. The minimum absolute atomic E-state index is 0.184. The lowest BCUT2D eigenvalue weighted by Crippen LogP contribution is -2.28. The van der Waals surface area contributed by atoms with Crippen LogP contribution in [0.4, 0.5) is 5.69 Å². The summed E-state index contributed by atoms with van der Waals surface area (Å²) in [5, 5.41) is 4.10. The number of aromatic nitrogens is 1. The summed E-state index contributed by atoms with van der Waals surface area (Å²) in [5.41, 5.74) is 1.95. The van der Waals surface area contributed by atoms with Gasteiger partial charge in [-0.3, -0.25) is 9.59 Å². The zero-order valence-electron chi connectivity index (χ0n) is 14.5. The Morgan fingerprint density at radius 3 is 2.48 bits per heavy atom. The minimum atomic E-state index is -0.312. The van der Waals surface area contributed by atoms with E-state index in [2.05, 4.69) is 5.32 Å². The van der Waals surface area contributed by atoms with E-state index in [1.165, 1.54) is 4.57 Å². The van der Waals surface area contributed by atoms with Gasteiger partial charge in [-0.15, -0.1) is 0 Å². The Morgan fingerprint density at radius 1 is 1.12 bits per heavy atom. The van der Waals surface area contributed by atoms with Gasteiger partial charge in [-0.2, -0.15) is 0 Å². The van der Waals surface area contributed by atoms with Crippen LogP contribution < -0.4 is 15.6 Å². The lowest BCUT2D eigenvalue weighted by Gasteiger charge is -2.13. The molecule has 0 radical (unpaired) electrons. The van der Waals surface area contributed by atoms with Crippen LogP contribution in [0.3, 0.4) is 0 Å². The van der Waals surface area contributed by atoms with E-state index in [-0.39, 0.29) is 11.5 Å². The maximum absolute atomic E-state index is 12.7. The van der Waals surface area contributed by atoms with Crippen LogP contribution in [0.25, 0.3) is 10.8 Å². The molecule has 0 fully saturated rings. The molecule has 0 bridgehead atoms. The largest absolute Gasteiger partial charge is 0.497 e. The molecule has 3 rings (SSSR count). The monoisotopic (exact) mass is 336 g/mol. The molecule has 0 unspecified atom stereocenters. The van der Waals surface area contributed by atoms with Crippen LogP contribution in [-0.2, 0) is 6.54 Å². The second-order valence-electron chi connectivity index (χ2n) is 5.85. The number of ether oxygens (including phenoxy) is 1. The summed E-state index contributed by atoms with van der Waals surface area (Å²) in [6.07, 6.45) is 0. The fraction of sp³-hybridized carbons (Fsp3) is 0.200. The molecule has 0 saturated heterocycles. The van der Waals surface area contributed by atoms with Crippen molar-refractivity contribution in [3.8, 4) is 5.75 Å². The molecule has 25 heavy (non-hydrogen) atoms. The number of hydrogen-bond acceptors (Lipinski definition) is 3. The number of hydrogen-bond donors (Lipinski definition) is 1. The summed E-state index contributed by atoms with van der Waals surface area (Å²) in [4.78, 5) is 25.5. The number of benzene rings is 2. The van der Waals surface area contributed by atoms with E-state index < -0.39 is 0 Å². The Morgan fingerprint density at radius 2 is 1.84 bits per heavy atom. The molecule has 0 aliphatic rings. The molecule has 3 aromatic rings. The summed E-state index contributed by atoms with van der Waals surface area (Å²) in [6.45, 7) is 4.24. The molecule has 1 amide bonds. The highest BCUT2D eigenvalue weighted by molar-refractivity contribution is 6.05. The van der Waals surface area contributed by atoms with Crippen molar-refractivity contribution in [1.29, 1.82) is 0 Å². The number of rotatable bonds is 4. The zero-order chi connectivity index (χ0) is 18.0.